The molecular formula is C29H36N2O3. The minimum atomic E-state index is -0.126. The normalized spacial score (nSPS) is 16.0. The third-order valence-corrected chi connectivity index (χ3v) is 6.66. The molecule has 1 aliphatic carbocycles. The van der Waals surface area contributed by atoms with Crippen LogP contribution >= 0.6 is 0 Å². The Labute approximate surface area is 203 Å². The fourth-order valence-electron chi connectivity index (χ4n) is 4.75. The molecule has 0 radical (unpaired) electrons. The molecule has 1 aliphatic heterocycles. The zero-order chi connectivity index (χ0) is 23.8. The van der Waals surface area contributed by atoms with E-state index < -0.39 is 0 Å². The number of anilines is 1. The number of Topliss-reactive ketones (excluding diaryl/α,β-unsaturated/α-hetero) is 2. The standard InChI is InChI=1S/C29H36N2O3/c1-2-3-4-5-6-12-21-34-23-17-15-22(16-18-23)30-26-27(31-19-10-7-11-20-31)29(33)25-14-9-8-13-24(25)28(26)32/h8-9,13-18,30H,2-7,10-12,19-21H2,1H3. The number of fused-ring (bicyclic) bond motifs is 1. The SMILES string of the molecule is CCCCCCCCOc1ccc(NC2=C(N3CCCCC3)C(=O)c3ccccc3C2=O)cc1. The van der Waals surface area contributed by atoms with Crippen LogP contribution in [0.1, 0.15) is 85.4 Å². The van der Waals surface area contributed by atoms with Gasteiger partial charge in [-0.05, 0) is 49.9 Å². The van der Waals surface area contributed by atoms with Crippen LogP contribution in [0.2, 0.25) is 0 Å². The smallest absolute Gasteiger partial charge is 0.212 e. The summed E-state index contributed by atoms with van der Waals surface area (Å²) in [7, 11) is 0. The van der Waals surface area contributed by atoms with Crippen molar-refractivity contribution < 1.29 is 14.3 Å². The van der Waals surface area contributed by atoms with Crippen molar-refractivity contribution in [1.82, 2.24) is 4.90 Å². The molecule has 0 spiro atoms. The molecule has 0 amide bonds. The fraction of sp³-hybridized carbons (Fsp3) is 0.448. The summed E-state index contributed by atoms with van der Waals surface area (Å²) in [6.45, 7) is 4.54. The van der Waals surface area contributed by atoms with E-state index in [9.17, 15) is 9.59 Å². The average molecular weight is 461 g/mol. The summed E-state index contributed by atoms with van der Waals surface area (Å²) < 4.78 is 5.89. The predicted molar refractivity (Wildman–Crippen MR) is 136 cm³/mol. The average Bonchev–Trinajstić information content (AvgIpc) is 2.88. The van der Waals surface area contributed by atoms with Crippen molar-refractivity contribution in [3.8, 4) is 5.75 Å². The van der Waals surface area contributed by atoms with Crippen molar-refractivity contribution in [3.05, 3.63) is 71.1 Å². The number of ketones is 2. The molecular weight excluding hydrogens is 424 g/mol. The molecule has 1 heterocycles. The number of piperidine rings is 1. The summed E-state index contributed by atoms with van der Waals surface area (Å²) in [6.07, 6.45) is 10.6. The Morgan fingerprint density at radius 3 is 2.15 bits per heavy atom. The van der Waals surface area contributed by atoms with Crippen LogP contribution in [0.25, 0.3) is 0 Å². The molecule has 2 aliphatic rings. The second kappa shape index (κ2) is 11.9. The van der Waals surface area contributed by atoms with Crippen molar-refractivity contribution in [3.63, 3.8) is 0 Å². The quantitative estimate of drug-likeness (QED) is 0.382. The summed E-state index contributed by atoms with van der Waals surface area (Å²) in [5.41, 5.74) is 2.63. The van der Waals surface area contributed by atoms with Gasteiger partial charge in [0, 0.05) is 29.9 Å². The molecule has 0 bridgehead atoms. The number of unbranched alkanes of at least 4 members (excludes halogenated alkanes) is 5. The Bertz CT molecular complexity index is 1020. The maximum Gasteiger partial charge on any atom is 0.212 e. The number of nitrogens with one attached hydrogen (secondary N) is 1. The number of ether oxygens (including phenoxy) is 1. The zero-order valence-corrected chi connectivity index (χ0v) is 20.3. The zero-order valence-electron chi connectivity index (χ0n) is 20.3. The highest BCUT2D eigenvalue weighted by Crippen LogP contribution is 2.31. The van der Waals surface area contributed by atoms with Crippen molar-refractivity contribution in [1.29, 1.82) is 0 Å². The van der Waals surface area contributed by atoms with Gasteiger partial charge in [0.25, 0.3) is 0 Å². The van der Waals surface area contributed by atoms with Crippen LogP contribution in [0.4, 0.5) is 5.69 Å². The Morgan fingerprint density at radius 2 is 1.44 bits per heavy atom. The van der Waals surface area contributed by atoms with Gasteiger partial charge < -0.3 is 15.0 Å². The summed E-state index contributed by atoms with van der Waals surface area (Å²) >= 11 is 0. The van der Waals surface area contributed by atoms with Gasteiger partial charge >= 0.3 is 0 Å². The molecule has 0 unspecified atom stereocenters. The van der Waals surface area contributed by atoms with E-state index >= 15 is 0 Å². The minimum absolute atomic E-state index is 0.0708. The van der Waals surface area contributed by atoms with Crippen molar-refractivity contribution >= 4 is 17.3 Å². The highest BCUT2D eigenvalue weighted by atomic mass is 16.5. The van der Waals surface area contributed by atoms with E-state index in [2.05, 4.69) is 17.1 Å². The summed E-state index contributed by atoms with van der Waals surface area (Å²) in [4.78, 5) is 28.9. The molecule has 1 saturated heterocycles. The highest BCUT2D eigenvalue weighted by Gasteiger charge is 2.35. The maximum absolute atomic E-state index is 13.4. The maximum atomic E-state index is 13.4. The van der Waals surface area contributed by atoms with E-state index in [-0.39, 0.29) is 11.6 Å². The van der Waals surface area contributed by atoms with Crippen LogP contribution in [0.5, 0.6) is 5.75 Å². The largest absolute Gasteiger partial charge is 0.494 e. The van der Waals surface area contributed by atoms with E-state index in [4.69, 9.17) is 4.74 Å². The molecule has 0 aromatic heterocycles. The summed E-state index contributed by atoms with van der Waals surface area (Å²) in [5.74, 6) is 0.624. The monoisotopic (exact) mass is 460 g/mol. The van der Waals surface area contributed by atoms with Crippen LogP contribution in [-0.2, 0) is 0 Å². The second-order valence-corrected chi connectivity index (χ2v) is 9.24. The van der Waals surface area contributed by atoms with Crippen LogP contribution in [-0.4, -0.2) is 36.2 Å². The van der Waals surface area contributed by atoms with Crippen molar-refractivity contribution in [2.45, 2.75) is 64.7 Å². The van der Waals surface area contributed by atoms with E-state index in [1.54, 1.807) is 12.1 Å². The lowest BCUT2D eigenvalue weighted by Gasteiger charge is -2.34. The van der Waals surface area contributed by atoms with Gasteiger partial charge in [0.15, 0.2) is 0 Å². The molecule has 5 heteroatoms. The van der Waals surface area contributed by atoms with Crippen molar-refractivity contribution in [2.24, 2.45) is 0 Å². The lowest BCUT2D eigenvalue weighted by atomic mass is 9.89. The minimum Gasteiger partial charge on any atom is -0.494 e. The molecule has 4 rings (SSSR count). The first-order valence-corrected chi connectivity index (χ1v) is 12.9. The van der Waals surface area contributed by atoms with Gasteiger partial charge in [-0.1, -0.05) is 63.3 Å². The fourth-order valence-corrected chi connectivity index (χ4v) is 4.75. The summed E-state index contributed by atoms with van der Waals surface area (Å²) in [5, 5.41) is 3.28. The highest BCUT2D eigenvalue weighted by molar-refractivity contribution is 6.27. The van der Waals surface area contributed by atoms with Crippen LogP contribution < -0.4 is 10.1 Å². The van der Waals surface area contributed by atoms with Gasteiger partial charge in [-0.15, -0.1) is 0 Å². The number of carbonyl (C=O) groups is 2. The van der Waals surface area contributed by atoms with Gasteiger partial charge in [0.2, 0.25) is 11.6 Å². The number of hydrogen-bond donors (Lipinski definition) is 1. The predicted octanol–water partition coefficient (Wildman–Crippen LogP) is 6.61. The Kier molecular flexibility index (Phi) is 8.40. The van der Waals surface area contributed by atoms with Crippen LogP contribution in [0, 0.1) is 0 Å². The molecule has 0 atom stereocenters. The first-order valence-electron chi connectivity index (χ1n) is 12.9. The van der Waals surface area contributed by atoms with Gasteiger partial charge in [0.05, 0.1) is 6.61 Å². The molecule has 2 aromatic rings. The Hall–Kier alpha value is -3.08. The molecule has 5 nitrogen and oxygen atoms in total. The van der Waals surface area contributed by atoms with E-state index in [1.807, 2.05) is 36.4 Å². The van der Waals surface area contributed by atoms with Gasteiger partial charge in [-0.3, -0.25) is 9.59 Å². The van der Waals surface area contributed by atoms with Gasteiger partial charge in [-0.25, -0.2) is 0 Å². The molecule has 1 fully saturated rings. The van der Waals surface area contributed by atoms with Crippen LogP contribution in [0.3, 0.4) is 0 Å². The third-order valence-electron chi connectivity index (χ3n) is 6.66. The first kappa shape index (κ1) is 24.1. The number of hydrogen-bond acceptors (Lipinski definition) is 5. The molecule has 1 N–H and O–H groups in total. The molecule has 2 aromatic carbocycles. The molecule has 34 heavy (non-hydrogen) atoms. The number of rotatable bonds is 11. The van der Waals surface area contributed by atoms with Crippen molar-refractivity contribution in [2.75, 3.05) is 25.0 Å². The molecule has 180 valence electrons. The van der Waals surface area contributed by atoms with Gasteiger partial charge in [-0.2, -0.15) is 0 Å². The number of benzene rings is 2. The summed E-state index contributed by atoms with van der Waals surface area (Å²) in [6, 6.07) is 14.8. The van der Waals surface area contributed by atoms with E-state index in [0.29, 0.717) is 29.1 Å². The van der Waals surface area contributed by atoms with Crippen LogP contribution in [0.15, 0.2) is 59.9 Å². The number of carbonyl (C=O) groups excluding carboxylic acids is 2. The first-order chi connectivity index (χ1) is 16.7. The second-order valence-electron chi connectivity index (χ2n) is 9.24. The Balaban J connectivity index is 1.46. The number of allylic oxidation sites excluding steroid dienone is 2. The number of nitrogens with zero attached hydrogens (tertiary/aromatic N) is 1. The lowest BCUT2D eigenvalue weighted by molar-refractivity contribution is 0.0935. The topological polar surface area (TPSA) is 58.6 Å². The van der Waals surface area contributed by atoms with E-state index in [0.717, 1.165) is 50.2 Å². The van der Waals surface area contributed by atoms with Gasteiger partial charge in [0.1, 0.15) is 17.1 Å². The number of likely N-dealkylation sites (tertiary alicyclic amines) is 1. The van der Waals surface area contributed by atoms with E-state index in [1.165, 1.54) is 32.1 Å². The Morgan fingerprint density at radius 1 is 0.794 bits per heavy atom. The third kappa shape index (κ3) is 5.69. The molecule has 0 saturated carbocycles. The lowest BCUT2D eigenvalue weighted by Crippen LogP contribution is -2.39.